The lowest BCUT2D eigenvalue weighted by Crippen LogP contribution is -2.57. The monoisotopic (exact) mass is 632 g/mol. The zero-order valence-electron chi connectivity index (χ0n) is 21.4. The number of phosphoric acid groups is 2. The Bertz CT molecular complexity index is 1390. The second-order valence-electron chi connectivity index (χ2n) is 8.90. The van der Waals surface area contributed by atoms with Crippen molar-refractivity contribution in [1.82, 2.24) is 15.5 Å². The van der Waals surface area contributed by atoms with Crippen LogP contribution in [0.2, 0.25) is 0 Å². The van der Waals surface area contributed by atoms with E-state index in [4.69, 9.17) is 4.74 Å². The van der Waals surface area contributed by atoms with E-state index < -0.39 is 77.4 Å². The molecule has 1 fully saturated rings. The molecule has 4 unspecified atom stereocenters. The third kappa shape index (κ3) is 8.65. The van der Waals surface area contributed by atoms with Crippen LogP contribution < -0.4 is 16.0 Å². The SMILES string of the molecule is O=C(Nc1ccc(F)cc1)NC1C=CN([C@@H]2O[C@H](COP(=O)(O)OP(=O)(O)OCc3ccccc3)C(O)[C@@H]2O)C(=O)N1. The first-order chi connectivity index (χ1) is 19.8. The van der Waals surface area contributed by atoms with Crippen molar-refractivity contribution in [2.75, 3.05) is 11.9 Å². The number of carbonyl (C=O) groups is 2. The number of aliphatic hydroxyl groups is 2. The van der Waals surface area contributed by atoms with Crippen molar-refractivity contribution in [3.05, 3.63) is 78.3 Å². The van der Waals surface area contributed by atoms with Crippen molar-refractivity contribution >= 4 is 33.4 Å². The van der Waals surface area contributed by atoms with Crippen LogP contribution in [0.15, 0.2) is 66.9 Å². The quantitative estimate of drug-likeness (QED) is 0.176. The van der Waals surface area contributed by atoms with Gasteiger partial charge in [0.15, 0.2) is 6.23 Å². The Hall–Kier alpha value is -3.21. The third-order valence-corrected chi connectivity index (χ3v) is 8.38. The molecule has 228 valence electrons. The molecule has 0 radical (unpaired) electrons. The minimum atomic E-state index is -5.23. The normalized spacial score (nSPS) is 26.6. The maximum absolute atomic E-state index is 13.0. The van der Waals surface area contributed by atoms with Crippen LogP contribution in [0.25, 0.3) is 0 Å². The first-order valence-corrected chi connectivity index (χ1v) is 15.1. The van der Waals surface area contributed by atoms with Gasteiger partial charge in [0.2, 0.25) is 0 Å². The molecule has 4 rings (SSSR count). The molecule has 0 aromatic heterocycles. The third-order valence-electron chi connectivity index (χ3n) is 5.80. The standard InChI is InChI=1S/C23H27FN4O12P2/c24-15-6-8-16(9-7-15)25-22(31)26-18-10-11-28(23(32)27-18)21-20(30)19(29)17(39-21)13-38-42(35,36)40-41(33,34)37-12-14-4-2-1-3-5-14/h1-11,17-21,29-30H,12-13H2,(H,27,32)(H,33,34)(H,35,36)(H2,25,26,31)/t17-,18?,19?,20+,21-/m1/s1. The van der Waals surface area contributed by atoms with E-state index >= 15 is 0 Å². The Kier molecular flexibility index (Phi) is 10.1. The second kappa shape index (κ2) is 13.4. The zero-order valence-corrected chi connectivity index (χ0v) is 23.2. The summed E-state index contributed by atoms with van der Waals surface area (Å²) in [6.07, 6.45) is -4.90. The molecule has 2 heterocycles. The second-order valence-corrected chi connectivity index (χ2v) is 11.9. The summed E-state index contributed by atoms with van der Waals surface area (Å²) in [5.74, 6) is -0.488. The van der Waals surface area contributed by atoms with E-state index in [1.54, 1.807) is 30.3 Å². The van der Waals surface area contributed by atoms with Crippen LogP contribution in [0.4, 0.5) is 19.7 Å². The number of urea groups is 2. The molecule has 0 spiro atoms. The largest absolute Gasteiger partial charge is 0.481 e. The van der Waals surface area contributed by atoms with Crippen molar-refractivity contribution < 1.29 is 61.2 Å². The maximum Gasteiger partial charge on any atom is 0.481 e. The lowest BCUT2D eigenvalue weighted by molar-refractivity contribution is -0.0655. The van der Waals surface area contributed by atoms with Crippen molar-refractivity contribution in [1.29, 1.82) is 0 Å². The number of hydrogen-bond donors (Lipinski definition) is 7. The van der Waals surface area contributed by atoms with Gasteiger partial charge in [-0.2, -0.15) is 4.31 Å². The van der Waals surface area contributed by atoms with Crippen LogP contribution in [0.1, 0.15) is 5.56 Å². The van der Waals surface area contributed by atoms with Gasteiger partial charge in [-0.1, -0.05) is 30.3 Å². The minimum absolute atomic E-state index is 0.297. The molecule has 2 aromatic carbocycles. The van der Waals surface area contributed by atoms with E-state index in [0.29, 0.717) is 11.3 Å². The Morgan fingerprint density at radius 3 is 2.36 bits per heavy atom. The van der Waals surface area contributed by atoms with E-state index in [9.17, 15) is 43.1 Å². The zero-order chi connectivity index (χ0) is 30.5. The minimum Gasteiger partial charge on any atom is -0.387 e. The Labute approximate surface area is 237 Å². The molecule has 2 aromatic rings. The number of nitrogens with one attached hydrogen (secondary N) is 3. The first kappa shape index (κ1) is 31.7. The highest BCUT2D eigenvalue weighted by molar-refractivity contribution is 7.61. The predicted molar refractivity (Wildman–Crippen MR) is 140 cm³/mol. The Morgan fingerprint density at radius 1 is 1.02 bits per heavy atom. The van der Waals surface area contributed by atoms with Gasteiger partial charge >= 0.3 is 27.7 Å². The predicted octanol–water partition coefficient (Wildman–Crippen LogP) is 1.71. The number of ether oxygens (including phenoxy) is 1. The molecular formula is C23H27FN4O12P2. The van der Waals surface area contributed by atoms with Crippen LogP contribution in [0.5, 0.6) is 0 Å². The summed E-state index contributed by atoms with van der Waals surface area (Å²) < 4.78 is 56.4. The number of halogens is 1. The van der Waals surface area contributed by atoms with Crippen LogP contribution in [0, 0.1) is 5.82 Å². The molecule has 42 heavy (non-hydrogen) atoms. The first-order valence-electron chi connectivity index (χ1n) is 12.1. The number of hydrogen-bond acceptors (Lipinski definition) is 10. The van der Waals surface area contributed by atoms with Crippen molar-refractivity contribution in [2.45, 2.75) is 37.3 Å². The summed E-state index contributed by atoms with van der Waals surface area (Å²) in [5, 5.41) is 28.1. The molecule has 7 atom stereocenters. The van der Waals surface area contributed by atoms with E-state index in [1.807, 2.05) is 0 Å². The van der Waals surface area contributed by atoms with Gasteiger partial charge in [-0.05, 0) is 35.9 Å². The fourth-order valence-electron chi connectivity index (χ4n) is 3.80. The number of phosphoric ester groups is 2. The summed E-state index contributed by atoms with van der Waals surface area (Å²) in [5.41, 5.74) is 0.781. The topological polar surface area (TPSA) is 225 Å². The van der Waals surface area contributed by atoms with Crippen molar-refractivity contribution in [3.8, 4) is 0 Å². The highest BCUT2D eigenvalue weighted by atomic mass is 31.3. The van der Waals surface area contributed by atoms with Crippen molar-refractivity contribution in [2.24, 2.45) is 0 Å². The number of benzene rings is 2. The highest BCUT2D eigenvalue weighted by Gasteiger charge is 2.48. The van der Waals surface area contributed by atoms with Gasteiger partial charge in [-0.15, -0.1) is 0 Å². The van der Waals surface area contributed by atoms with Gasteiger partial charge in [0.25, 0.3) is 0 Å². The van der Waals surface area contributed by atoms with Crippen LogP contribution in [-0.2, 0) is 33.8 Å². The molecule has 0 aliphatic carbocycles. The molecule has 1 saturated heterocycles. The lowest BCUT2D eigenvalue weighted by atomic mass is 10.1. The molecule has 0 saturated carbocycles. The maximum atomic E-state index is 13.0. The van der Waals surface area contributed by atoms with E-state index in [2.05, 4.69) is 29.3 Å². The molecule has 2 aliphatic rings. The van der Waals surface area contributed by atoms with Gasteiger partial charge in [0, 0.05) is 11.9 Å². The Morgan fingerprint density at radius 2 is 1.69 bits per heavy atom. The number of anilines is 1. The van der Waals surface area contributed by atoms with Crippen LogP contribution in [0.3, 0.4) is 0 Å². The summed E-state index contributed by atoms with van der Waals surface area (Å²) in [6, 6.07) is 11.5. The van der Waals surface area contributed by atoms with Crippen LogP contribution >= 0.6 is 15.6 Å². The number of amides is 4. The summed E-state index contributed by atoms with van der Waals surface area (Å²) in [6.45, 7) is -1.30. The number of carbonyl (C=O) groups excluding carboxylic acids is 2. The molecule has 0 bridgehead atoms. The molecule has 7 N–H and O–H groups in total. The average molecular weight is 632 g/mol. The molecule has 2 aliphatic heterocycles. The van der Waals surface area contributed by atoms with Crippen molar-refractivity contribution in [3.63, 3.8) is 0 Å². The summed E-state index contributed by atoms with van der Waals surface area (Å²) >= 11 is 0. The average Bonchev–Trinajstić information content (AvgIpc) is 3.21. The molecule has 4 amide bonds. The molecule has 19 heteroatoms. The van der Waals surface area contributed by atoms with Gasteiger partial charge in [0.05, 0.1) is 13.2 Å². The lowest BCUT2D eigenvalue weighted by Gasteiger charge is -2.32. The highest BCUT2D eigenvalue weighted by Crippen LogP contribution is 2.60. The smallest absolute Gasteiger partial charge is 0.387 e. The van der Waals surface area contributed by atoms with Gasteiger partial charge < -0.3 is 40.7 Å². The van der Waals surface area contributed by atoms with Gasteiger partial charge in [-0.25, -0.2) is 23.1 Å². The van der Waals surface area contributed by atoms with Crippen LogP contribution in [-0.4, -0.2) is 74.3 Å². The van der Waals surface area contributed by atoms with E-state index in [0.717, 1.165) is 23.2 Å². The summed E-state index contributed by atoms with van der Waals surface area (Å²) in [4.78, 5) is 45.3. The molecular weight excluding hydrogens is 605 g/mol. The number of rotatable bonds is 11. The molecule has 16 nitrogen and oxygen atoms in total. The number of nitrogens with zero attached hydrogens (tertiary/aromatic N) is 1. The number of aliphatic hydroxyl groups excluding tert-OH is 2. The Balaban J connectivity index is 1.27. The van der Waals surface area contributed by atoms with E-state index in [-0.39, 0.29) is 0 Å². The van der Waals surface area contributed by atoms with E-state index in [1.165, 1.54) is 18.2 Å². The van der Waals surface area contributed by atoms with Gasteiger partial charge in [-0.3, -0.25) is 13.9 Å². The fraction of sp³-hybridized carbons (Fsp3) is 0.304. The van der Waals surface area contributed by atoms with Gasteiger partial charge in [0.1, 0.15) is 30.3 Å². The fourth-order valence-corrected chi connectivity index (χ4v) is 5.87. The summed E-state index contributed by atoms with van der Waals surface area (Å²) in [7, 11) is -10.3.